The number of carboxylic acids is 1. The smallest absolute Gasteiger partial charge is 0.341 e. The van der Waals surface area contributed by atoms with Crippen LogP contribution in [0.5, 0.6) is 5.75 Å². The second kappa shape index (κ2) is 9.75. The molecule has 3 aromatic rings. The molecule has 0 aliphatic heterocycles. The molecule has 1 heterocycles. The van der Waals surface area contributed by atoms with Gasteiger partial charge in [-0.3, -0.25) is 4.79 Å². The second-order valence-corrected chi connectivity index (χ2v) is 10.0. The number of pyridine rings is 1. The van der Waals surface area contributed by atoms with Crippen LogP contribution < -0.4 is 10.2 Å². The molecule has 0 saturated heterocycles. The Morgan fingerprint density at radius 1 is 1.30 bits per heavy atom. The molecule has 0 amide bonds. The fraction of sp³-hybridized carbons (Fsp3) is 0.333. The van der Waals surface area contributed by atoms with Gasteiger partial charge in [-0.2, -0.15) is 11.8 Å². The lowest BCUT2D eigenvalue weighted by molar-refractivity contribution is 0.0694. The highest BCUT2D eigenvalue weighted by atomic mass is 35.5. The third-order valence-corrected chi connectivity index (χ3v) is 7.53. The van der Waals surface area contributed by atoms with Gasteiger partial charge in [0.05, 0.1) is 30.3 Å². The van der Waals surface area contributed by atoms with Crippen LogP contribution in [0.25, 0.3) is 10.9 Å². The van der Waals surface area contributed by atoms with Crippen LogP contribution >= 0.6 is 23.4 Å². The van der Waals surface area contributed by atoms with Gasteiger partial charge in [0.15, 0.2) is 0 Å². The number of aliphatic hydroxyl groups is 1. The van der Waals surface area contributed by atoms with Crippen molar-refractivity contribution in [1.29, 1.82) is 0 Å². The molecular formula is C24H25ClFNO5S. The van der Waals surface area contributed by atoms with Crippen LogP contribution in [0.2, 0.25) is 5.02 Å². The fourth-order valence-electron chi connectivity index (χ4n) is 3.83. The molecule has 3 rings (SSSR count). The highest BCUT2D eigenvalue weighted by Gasteiger charge is 2.32. The molecular weight excluding hydrogens is 469 g/mol. The number of hydrogen-bond donors (Lipinski definition) is 2. The van der Waals surface area contributed by atoms with E-state index in [1.807, 2.05) is 20.1 Å². The summed E-state index contributed by atoms with van der Waals surface area (Å²) >= 11 is 7.41. The van der Waals surface area contributed by atoms with E-state index < -0.39 is 33.6 Å². The van der Waals surface area contributed by atoms with Gasteiger partial charge in [0.25, 0.3) is 0 Å². The maximum atomic E-state index is 14.5. The Morgan fingerprint density at radius 2 is 2.00 bits per heavy atom. The summed E-state index contributed by atoms with van der Waals surface area (Å²) in [4.78, 5) is 24.9. The van der Waals surface area contributed by atoms with Gasteiger partial charge in [-0.15, -0.1) is 0 Å². The molecule has 9 heteroatoms. The number of halogens is 2. The Balaban J connectivity index is 2.35. The molecule has 0 spiro atoms. The van der Waals surface area contributed by atoms with Crippen LogP contribution in [-0.4, -0.2) is 45.5 Å². The molecule has 0 aliphatic rings. The first-order valence-corrected chi connectivity index (χ1v) is 11.7. The molecule has 0 aliphatic carbocycles. The van der Waals surface area contributed by atoms with Gasteiger partial charge in [0, 0.05) is 28.8 Å². The van der Waals surface area contributed by atoms with Crippen molar-refractivity contribution >= 4 is 40.2 Å². The average Bonchev–Trinajstić information content (AvgIpc) is 2.78. The topological polar surface area (TPSA) is 88.8 Å². The van der Waals surface area contributed by atoms with E-state index in [1.165, 1.54) is 37.2 Å². The van der Waals surface area contributed by atoms with E-state index in [0.717, 1.165) is 0 Å². The molecule has 0 unspecified atom stereocenters. The number of thioether (sulfide) groups is 1. The zero-order valence-corrected chi connectivity index (χ0v) is 20.3. The Morgan fingerprint density at radius 3 is 2.58 bits per heavy atom. The summed E-state index contributed by atoms with van der Waals surface area (Å²) in [6, 6.07) is 7.27. The van der Waals surface area contributed by atoms with E-state index in [4.69, 9.17) is 16.3 Å². The first kappa shape index (κ1) is 25.1. The maximum absolute atomic E-state index is 14.5. The molecule has 2 N–H and O–H groups in total. The zero-order chi connectivity index (χ0) is 24.5. The van der Waals surface area contributed by atoms with E-state index in [2.05, 4.69) is 0 Å². The first-order valence-electron chi connectivity index (χ1n) is 10.1. The van der Waals surface area contributed by atoms with E-state index in [9.17, 15) is 24.2 Å². The summed E-state index contributed by atoms with van der Waals surface area (Å²) in [5, 5.41) is 20.0. The van der Waals surface area contributed by atoms with Crippen LogP contribution in [-0.2, 0) is 6.42 Å². The molecule has 176 valence electrons. The van der Waals surface area contributed by atoms with Crippen LogP contribution in [0.4, 0.5) is 4.39 Å². The lowest BCUT2D eigenvalue weighted by atomic mass is 9.98. The van der Waals surface area contributed by atoms with E-state index in [0.29, 0.717) is 22.4 Å². The average molecular weight is 494 g/mol. The van der Waals surface area contributed by atoms with Crippen LogP contribution in [0.1, 0.15) is 41.4 Å². The zero-order valence-electron chi connectivity index (χ0n) is 18.7. The number of aromatic carboxylic acids is 1. The van der Waals surface area contributed by atoms with Crippen molar-refractivity contribution in [1.82, 2.24) is 4.57 Å². The number of aromatic nitrogens is 1. The highest BCUT2D eigenvalue weighted by Crippen LogP contribution is 2.37. The molecule has 0 saturated carbocycles. The summed E-state index contributed by atoms with van der Waals surface area (Å²) < 4.78 is 21.2. The Bertz CT molecular complexity index is 1270. The van der Waals surface area contributed by atoms with Gasteiger partial charge in [-0.05, 0) is 43.4 Å². The summed E-state index contributed by atoms with van der Waals surface area (Å²) in [7, 11) is 1.46. The number of nitrogens with zero attached hydrogens (tertiary/aromatic N) is 1. The van der Waals surface area contributed by atoms with Gasteiger partial charge in [-0.25, -0.2) is 9.18 Å². The normalized spacial score (nSPS) is 12.7. The summed E-state index contributed by atoms with van der Waals surface area (Å²) in [6.45, 7) is 3.58. The molecule has 1 atom stereocenters. The molecule has 1 aromatic heterocycles. The largest absolute Gasteiger partial charge is 0.496 e. The van der Waals surface area contributed by atoms with Crippen molar-refractivity contribution < 1.29 is 24.1 Å². The first-order chi connectivity index (χ1) is 15.5. The molecule has 0 bridgehead atoms. The fourth-order valence-corrected chi connectivity index (χ4v) is 4.48. The van der Waals surface area contributed by atoms with Crippen molar-refractivity contribution in [2.24, 2.45) is 0 Å². The van der Waals surface area contributed by atoms with Gasteiger partial charge < -0.3 is 19.5 Å². The SMILES string of the molecule is COc1cc2c(cc1Cc1cccc(Cl)c1F)c(=O)c(C(=O)O)cn2[C@H](CO)C(C)(C)SC. The van der Waals surface area contributed by atoms with Gasteiger partial charge in [-0.1, -0.05) is 23.7 Å². The lowest BCUT2D eigenvalue weighted by Crippen LogP contribution is -2.34. The third kappa shape index (κ3) is 4.74. The molecule has 6 nitrogen and oxygen atoms in total. The minimum absolute atomic E-state index is 0.0205. The number of fused-ring (bicyclic) bond motifs is 1. The number of carbonyl (C=O) groups is 1. The summed E-state index contributed by atoms with van der Waals surface area (Å²) in [5.74, 6) is -1.54. The van der Waals surface area contributed by atoms with Gasteiger partial charge in [0.2, 0.25) is 5.43 Å². The van der Waals surface area contributed by atoms with Crippen LogP contribution in [0, 0.1) is 5.82 Å². The maximum Gasteiger partial charge on any atom is 0.341 e. The number of hydrogen-bond acceptors (Lipinski definition) is 5. The van der Waals surface area contributed by atoms with E-state index >= 15 is 0 Å². The van der Waals surface area contributed by atoms with Crippen LogP contribution in [0.15, 0.2) is 41.3 Å². The van der Waals surface area contributed by atoms with Crippen molar-refractivity contribution in [3.8, 4) is 5.75 Å². The number of ether oxygens (including phenoxy) is 1. The van der Waals surface area contributed by atoms with Crippen molar-refractivity contribution in [2.45, 2.75) is 31.1 Å². The molecule has 0 radical (unpaired) electrons. The lowest BCUT2D eigenvalue weighted by Gasteiger charge is -2.34. The Kier molecular flexibility index (Phi) is 7.41. The number of rotatable bonds is 8. The van der Waals surface area contributed by atoms with Gasteiger partial charge in [0.1, 0.15) is 17.1 Å². The van der Waals surface area contributed by atoms with Crippen LogP contribution in [0.3, 0.4) is 0 Å². The number of carboxylic acid groups (broad SMARTS) is 1. The van der Waals surface area contributed by atoms with Crippen molar-refractivity contribution in [3.63, 3.8) is 0 Å². The summed E-state index contributed by atoms with van der Waals surface area (Å²) in [6.07, 6.45) is 3.24. The molecule has 33 heavy (non-hydrogen) atoms. The number of methoxy groups -OCH3 is 1. The molecule has 0 fully saturated rings. The van der Waals surface area contributed by atoms with Gasteiger partial charge >= 0.3 is 5.97 Å². The van der Waals surface area contributed by atoms with E-state index in [1.54, 1.807) is 22.8 Å². The monoisotopic (exact) mass is 493 g/mol. The number of aliphatic hydroxyl groups excluding tert-OH is 1. The second-order valence-electron chi connectivity index (χ2n) is 8.16. The predicted octanol–water partition coefficient (Wildman–Crippen LogP) is 4.77. The quantitative estimate of drug-likeness (QED) is 0.470. The molecule has 2 aromatic carbocycles. The van der Waals surface area contributed by atoms with Crippen molar-refractivity contribution in [3.05, 3.63) is 74.3 Å². The van der Waals surface area contributed by atoms with Crippen molar-refractivity contribution in [2.75, 3.05) is 20.0 Å². The third-order valence-electron chi connectivity index (χ3n) is 5.91. The standard InChI is InChI=1S/C24H25ClFNO5S/c1-24(2,33-4)20(12-28)27-11-16(23(30)31)22(29)15-9-14(19(32-3)10-18(15)27)8-13-6-5-7-17(25)21(13)26/h5-7,9-11,20,28H,8,12H2,1-4H3,(H,30,31)/t20-/m1/s1. The minimum Gasteiger partial charge on any atom is -0.496 e. The Hall–Kier alpha value is -2.55. The number of benzene rings is 2. The highest BCUT2D eigenvalue weighted by molar-refractivity contribution is 7.99. The minimum atomic E-state index is -1.37. The predicted molar refractivity (Wildman–Crippen MR) is 130 cm³/mol. The van der Waals surface area contributed by atoms with E-state index in [-0.39, 0.29) is 23.4 Å². The summed E-state index contributed by atoms with van der Waals surface area (Å²) in [5.41, 5.74) is 0.151. The Labute approximate surface area is 200 Å².